The summed E-state index contributed by atoms with van der Waals surface area (Å²) in [7, 11) is 0. The predicted octanol–water partition coefficient (Wildman–Crippen LogP) is 4.61. The third-order valence-corrected chi connectivity index (χ3v) is 5.83. The Labute approximate surface area is 176 Å². The van der Waals surface area contributed by atoms with E-state index in [9.17, 15) is 9.59 Å². The molecule has 0 saturated heterocycles. The number of aliphatic imine (C=N–C) groups is 1. The fourth-order valence-electron chi connectivity index (χ4n) is 4.56. The van der Waals surface area contributed by atoms with Gasteiger partial charge in [0.2, 0.25) is 0 Å². The number of ketones is 1. The van der Waals surface area contributed by atoms with Crippen molar-refractivity contribution in [1.29, 1.82) is 0 Å². The molecule has 4 rings (SSSR count). The fourth-order valence-corrected chi connectivity index (χ4v) is 4.56. The third kappa shape index (κ3) is 3.84. The van der Waals surface area contributed by atoms with E-state index in [0.717, 1.165) is 16.8 Å². The maximum Gasteiger partial charge on any atom is 0.315 e. The summed E-state index contributed by atoms with van der Waals surface area (Å²) in [6.07, 6.45) is 4.27. The van der Waals surface area contributed by atoms with E-state index in [1.165, 1.54) is 0 Å². The second kappa shape index (κ2) is 8.34. The number of ether oxygens (including phenoxy) is 1. The SMILES string of the molecule is CC1=NC2=C(C(=O)C[C@@H](c3ccccc3)C2)[C@H](c2ccncc2)C1C(=O)OC(C)C. The van der Waals surface area contributed by atoms with Gasteiger partial charge in [0.1, 0.15) is 5.92 Å². The number of hydrogen-bond acceptors (Lipinski definition) is 5. The average molecular weight is 402 g/mol. The number of carbonyl (C=O) groups excluding carboxylic acids is 2. The second-order valence-corrected chi connectivity index (χ2v) is 8.27. The van der Waals surface area contributed by atoms with Crippen LogP contribution in [0.3, 0.4) is 0 Å². The van der Waals surface area contributed by atoms with Crippen molar-refractivity contribution in [2.75, 3.05) is 0 Å². The van der Waals surface area contributed by atoms with Crippen molar-refractivity contribution in [2.24, 2.45) is 10.9 Å². The minimum absolute atomic E-state index is 0.0607. The lowest BCUT2D eigenvalue weighted by molar-refractivity contribution is -0.150. The first-order chi connectivity index (χ1) is 14.5. The number of hydrogen-bond donors (Lipinski definition) is 0. The van der Waals surface area contributed by atoms with Crippen molar-refractivity contribution in [3.8, 4) is 0 Å². The van der Waals surface area contributed by atoms with Crippen molar-refractivity contribution in [3.63, 3.8) is 0 Å². The van der Waals surface area contributed by atoms with E-state index >= 15 is 0 Å². The number of esters is 1. The van der Waals surface area contributed by atoms with Gasteiger partial charge < -0.3 is 4.74 Å². The lowest BCUT2D eigenvalue weighted by Gasteiger charge is -2.36. The number of nitrogens with zero attached hydrogens (tertiary/aromatic N) is 2. The van der Waals surface area contributed by atoms with E-state index in [-0.39, 0.29) is 23.8 Å². The summed E-state index contributed by atoms with van der Waals surface area (Å²) in [4.78, 5) is 35.3. The van der Waals surface area contributed by atoms with Crippen LogP contribution >= 0.6 is 0 Å². The van der Waals surface area contributed by atoms with Gasteiger partial charge >= 0.3 is 5.97 Å². The van der Waals surface area contributed by atoms with Crippen LogP contribution in [0.5, 0.6) is 0 Å². The lowest BCUT2D eigenvalue weighted by atomic mass is 9.69. The molecule has 2 heterocycles. The zero-order chi connectivity index (χ0) is 21.3. The highest BCUT2D eigenvalue weighted by Crippen LogP contribution is 2.46. The second-order valence-electron chi connectivity index (χ2n) is 8.27. The molecular formula is C25H26N2O3. The molecule has 0 radical (unpaired) electrons. The van der Waals surface area contributed by atoms with Gasteiger partial charge in [-0.2, -0.15) is 0 Å². The molecule has 1 aliphatic carbocycles. The fraction of sp³-hybridized carbons (Fsp3) is 0.360. The van der Waals surface area contributed by atoms with Gasteiger partial charge in [-0.1, -0.05) is 30.3 Å². The largest absolute Gasteiger partial charge is 0.462 e. The molecule has 154 valence electrons. The van der Waals surface area contributed by atoms with Gasteiger partial charge in [0.25, 0.3) is 0 Å². The van der Waals surface area contributed by atoms with Crippen molar-refractivity contribution in [1.82, 2.24) is 4.98 Å². The zero-order valence-electron chi connectivity index (χ0n) is 17.5. The van der Waals surface area contributed by atoms with Crippen LogP contribution in [0.2, 0.25) is 0 Å². The molecule has 0 N–H and O–H groups in total. The van der Waals surface area contributed by atoms with E-state index in [1.54, 1.807) is 12.4 Å². The molecule has 1 aromatic carbocycles. The summed E-state index contributed by atoms with van der Waals surface area (Å²) in [5.74, 6) is -1.17. The van der Waals surface area contributed by atoms with E-state index in [0.29, 0.717) is 24.1 Å². The molecule has 1 unspecified atom stereocenters. The predicted molar refractivity (Wildman–Crippen MR) is 115 cm³/mol. The van der Waals surface area contributed by atoms with Gasteiger partial charge in [-0.25, -0.2) is 0 Å². The summed E-state index contributed by atoms with van der Waals surface area (Å²) < 4.78 is 5.55. The molecular weight excluding hydrogens is 376 g/mol. The van der Waals surface area contributed by atoms with E-state index in [1.807, 2.05) is 51.1 Å². The number of pyridine rings is 1. The first-order valence-corrected chi connectivity index (χ1v) is 10.4. The molecule has 5 heteroatoms. The van der Waals surface area contributed by atoms with Crippen LogP contribution in [0, 0.1) is 5.92 Å². The Morgan fingerprint density at radius 2 is 1.73 bits per heavy atom. The molecule has 0 amide bonds. The highest BCUT2D eigenvalue weighted by molar-refractivity contribution is 6.09. The van der Waals surface area contributed by atoms with Crippen LogP contribution in [0.25, 0.3) is 0 Å². The van der Waals surface area contributed by atoms with Gasteiger partial charge in [-0.05, 0) is 56.4 Å². The van der Waals surface area contributed by atoms with Crippen LogP contribution < -0.4 is 0 Å². The van der Waals surface area contributed by atoms with Crippen molar-refractivity contribution < 1.29 is 14.3 Å². The standard InChI is InChI=1S/C25H26N2O3/c1-15(2)30-25(29)22-16(3)27-20-13-19(17-7-5-4-6-8-17)14-21(28)24(20)23(22)18-9-11-26-12-10-18/h4-12,15,19,22-23H,13-14H2,1-3H3/t19-,22?,23+/m0/s1. The minimum atomic E-state index is -0.606. The molecule has 2 aromatic rings. The van der Waals surface area contributed by atoms with Crippen molar-refractivity contribution >= 4 is 17.5 Å². The van der Waals surface area contributed by atoms with Crippen LogP contribution in [0.4, 0.5) is 0 Å². The van der Waals surface area contributed by atoms with Crippen molar-refractivity contribution in [3.05, 3.63) is 77.3 Å². The summed E-state index contributed by atoms with van der Waals surface area (Å²) in [6, 6.07) is 13.8. The Morgan fingerprint density at radius 1 is 1.03 bits per heavy atom. The normalized spacial score (nSPS) is 23.8. The average Bonchev–Trinajstić information content (AvgIpc) is 2.73. The summed E-state index contributed by atoms with van der Waals surface area (Å²) >= 11 is 0. The smallest absolute Gasteiger partial charge is 0.315 e. The Hall–Kier alpha value is -3.08. The Bertz CT molecular complexity index is 1010. The van der Waals surface area contributed by atoms with Crippen LogP contribution in [-0.4, -0.2) is 28.6 Å². The van der Waals surface area contributed by atoms with Gasteiger partial charge in [0.05, 0.1) is 6.10 Å². The quantitative estimate of drug-likeness (QED) is 0.701. The van der Waals surface area contributed by atoms with Crippen LogP contribution in [-0.2, 0) is 14.3 Å². The number of Topliss-reactive ketones (excluding diaryl/α,β-unsaturated/α-hetero) is 1. The number of aromatic nitrogens is 1. The molecule has 1 aromatic heterocycles. The van der Waals surface area contributed by atoms with Gasteiger partial charge in [-0.15, -0.1) is 0 Å². The Balaban J connectivity index is 1.78. The van der Waals surface area contributed by atoms with E-state index < -0.39 is 11.8 Å². The summed E-state index contributed by atoms with van der Waals surface area (Å²) in [5, 5.41) is 0. The molecule has 5 nitrogen and oxygen atoms in total. The molecule has 3 atom stereocenters. The van der Waals surface area contributed by atoms with Gasteiger partial charge in [0, 0.05) is 41.7 Å². The Kier molecular flexibility index (Phi) is 5.62. The minimum Gasteiger partial charge on any atom is -0.462 e. The van der Waals surface area contributed by atoms with Crippen molar-refractivity contribution in [2.45, 2.75) is 51.6 Å². The molecule has 0 saturated carbocycles. The number of benzene rings is 1. The third-order valence-electron chi connectivity index (χ3n) is 5.83. The highest BCUT2D eigenvalue weighted by atomic mass is 16.5. The first-order valence-electron chi connectivity index (χ1n) is 10.4. The number of rotatable bonds is 4. The Morgan fingerprint density at radius 3 is 2.40 bits per heavy atom. The molecule has 1 aliphatic heterocycles. The number of carbonyl (C=O) groups is 2. The van der Waals surface area contributed by atoms with Crippen LogP contribution in [0.1, 0.15) is 56.6 Å². The van der Waals surface area contributed by atoms with Gasteiger partial charge in [0.15, 0.2) is 5.78 Å². The first kappa shape index (κ1) is 20.2. The topological polar surface area (TPSA) is 68.6 Å². The maximum absolute atomic E-state index is 13.4. The monoisotopic (exact) mass is 402 g/mol. The lowest BCUT2D eigenvalue weighted by Crippen LogP contribution is -2.38. The zero-order valence-corrected chi connectivity index (χ0v) is 17.5. The maximum atomic E-state index is 13.4. The summed E-state index contributed by atoms with van der Waals surface area (Å²) in [5.41, 5.74) is 4.19. The van der Waals surface area contributed by atoms with E-state index in [4.69, 9.17) is 9.73 Å². The molecule has 0 spiro atoms. The van der Waals surface area contributed by atoms with Crippen LogP contribution in [0.15, 0.2) is 71.1 Å². The molecule has 0 fully saturated rings. The van der Waals surface area contributed by atoms with Gasteiger partial charge in [-0.3, -0.25) is 19.6 Å². The molecule has 0 bridgehead atoms. The highest BCUT2D eigenvalue weighted by Gasteiger charge is 2.44. The molecule has 30 heavy (non-hydrogen) atoms. The summed E-state index contributed by atoms with van der Waals surface area (Å²) in [6.45, 7) is 5.52. The van der Waals surface area contributed by atoms with E-state index in [2.05, 4.69) is 17.1 Å². The molecule has 2 aliphatic rings. The number of allylic oxidation sites excluding steroid dienone is 2.